The molecule has 1 heterocycles. The van der Waals surface area contributed by atoms with Crippen molar-refractivity contribution in [3.8, 4) is 16.8 Å². The maximum absolute atomic E-state index is 13.2. The highest BCUT2D eigenvalue weighted by Crippen LogP contribution is 2.27. The van der Waals surface area contributed by atoms with Crippen LogP contribution in [0.4, 0.5) is 21.5 Å². The van der Waals surface area contributed by atoms with Crippen molar-refractivity contribution in [2.75, 3.05) is 11.1 Å². The first-order valence-electron chi connectivity index (χ1n) is 10.0. The van der Waals surface area contributed by atoms with E-state index in [4.69, 9.17) is 5.73 Å². The van der Waals surface area contributed by atoms with Crippen LogP contribution in [0.3, 0.4) is 0 Å². The van der Waals surface area contributed by atoms with Gasteiger partial charge >= 0.3 is 0 Å². The van der Waals surface area contributed by atoms with Gasteiger partial charge in [0.15, 0.2) is 0 Å². The van der Waals surface area contributed by atoms with Crippen molar-refractivity contribution < 1.29 is 14.1 Å². The fourth-order valence-electron chi connectivity index (χ4n) is 3.21. The molecule has 1 aromatic heterocycles. The standard InChI is InChI=1S/C23H19FN6O3/c24-17-4-1-15(2-5-17)16-3-11-21(25)22(13-16)26-23(31)12-6-18-14-29(28-27-18)19-7-9-20(10-8-19)30(32)33/h1-5,7-11,13-14H,6,12,25H2,(H,26,31). The van der Waals surface area contributed by atoms with Crippen molar-refractivity contribution in [3.05, 3.63) is 94.6 Å². The Morgan fingerprint density at radius 2 is 1.76 bits per heavy atom. The number of hydrogen-bond acceptors (Lipinski definition) is 6. The van der Waals surface area contributed by atoms with E-state index in [0.717, 1.165) is 11.1 Å². The summed E-state index contributed by atoms with van der Waals surface area (Å²) in [4.78, 5) is 22.8. The highest BCUT2D eigenvalue weighted by Gasteiger charge is 2.11. The molecule has 0 aliphatic heterocycles. The third kappa shape index (κ3) is 5.18. The predicted octanol–water partition coefficient (Wildman–Crippen LogP) is 4.14. The molecule has 3 aromatic carbocycles. The van der Waals surface area contributed by atoms with E-state index in [-0.39, 0.29) is 23.8 Å². The molecule has 0 fully saturated rings. The first-order valence-corrected chi connectivity index (χ1v) is 10.0. The molecule has 0 aliphatic carbocycles. The fraction of sp³-hybridized carbons (Fsp3) is 0.0870. The Morgan fingerprint density at radius 3 is 2.45 bits per heavy atom. The molecule has 3 N–H and O–H groups in total. The summed E-state index contributed by atoms with van der Waals surface area (Å²) in [7, 11) is 0. The number of carbonyl (C=O) groups excluding carboxylic acids is 1. The lowest BCUT2D eigenvalue weighted by Gasteiger charge is -2.10. The summed E-state index contributed by atoms with van der Waals surface area (Å²) in [5.74, 6) is -0.573. The maximum atomic E-state index is 13.2. The van der Waals surface area contributed by atoms with E-state index < -0.39 is 4.92 Å². The van der Waals surface area contributed by atoms with Gasteiger partial charge in [-0.25, -0.2) is 9.07 Å². The molecule has 0 saturated heterocycles. The number of benzene rings is 3. The summed E-state index contributed by atoms with van der Waals surface area (Å²) in [6.45, 7) is 0. The normalized spacial score (nSPS) is 10.7. The number of halogens is 1. The summed E-state index contributed by atoms with van der Waals surface area (Å²) in [5, 5.41) is 21.6. The molecule has 0 spiro atoms. The van der Waals surface area contributed by atoms with Crippen LogP contribution in [0.1, 0.15) is 12.1 Å². The highest BCUT2D eigenvalue weighted by atomic mass is 19.1. The second-order valence-electron chi connectivity index (χ2n) is 7.29. The Kier molecular flexibility index (Phi) is 6.07. The van der Waals surface area contributed by atoms with Gasteiger partial charge in [0.2, 0.25) is 5.91 Å². The average molecular weight is 446 g/mol. The van der Waals surface area contributed by atoms with Crippen molar-refractivity contribution in [3.63, 3.8) is 0 Å². The third-order valence-electron chi connectivity index (χ3n) is 4.98. The number of hydrogen-bond donors (Lipinski definition) is 2. The van der Waals surface area contributed by atoms with Gasteiger partial charge in [-0.1, -0.05) is 23.4 Å². The summed E-state index contributed by atoms with van der Waals surface area (Å²) in [6, 6.07) is 17.2. The second kappa shape index (κ2) is 9.27. The molecule has 0 unspecified atom stereocenters. The number of nitrogen functional groups attached to an aromatic ring is 1. The minimum Gasteiger partial charge on any atom is -0.397 e. The number of non-ortho nitro benzene ring substituents is 1. The molecule has 0 atom stereocenters. The SMILES string of the molecule is Nc1ccc(-c2ccc(F)cc2)cc1NC(=O)CCc1cn(-c2ccc([N+](=O)[O-])cc2)nn1. The van der Waals surface area contributed by atoms with Crippen LogP contribution in [-0.4, -0.2) is 25.8 Å². The summed E-state index contributed by atoms with van der Waals surface area (Å²) in [6.07, 6.45) is 2.16. The Morgan fingerprint density at radius 1 is 1.06 bits per heavy atom. The Hall–Kier alpha value is -4.60. The molecule has 0 radical (unpaired) electrons. The van der Waals surface area contributed by atoms with Gasteiger partial charge in [0.1, 0.15) is 5.82 Å². The molecule has 10 heteroatoms. The van der Waals surface area contributed by atoms with Crippen molar-refractivity contribution in [1.29, 1.82) is 0 Å². The number of carbonyl (C=O) groups is 1. The van der Waals surface area contributed by atoms with E-state index in [1.165, 1.54) is 28.9 Å². The van der Waals surface area contributed by atoms with Crippen LogP contribution >= 0.6 is 0 Å². The number of amides is 1. The van der Waals surface area contributed by atoms with Crippen molar-refractivity contribution in [1.82, 2.24) is 15.0 Å². The van der Waals surface area contributed by atoms with Crippen molar-refractivity contribution in [2.24, 2.45) is 0 Å². The van der Waals surface area contributed by atoms with Gasteiger partial charge < -0.3 is 11.1 Å². The van der Waals surface area contributed by atoms with Gasteiger partial charge in [0.05, 0.1) is 33.9 Å². The molecular weight excluding hydrogens is 427 g/mol. The molecule has 33 heavy (non-hydrogen) atoms. The number of aromatic nitrogens is 3. The van der Waals surface area contributed by atoms with E-state index in [1.807, 2.05) is 0 Å². The van der Waals surface area contributed by atoms with Gasteiger partial charge in [0.25, 0.3) is 5.69 Å². The zero-order chi connectivity index (χ0) is 23.4. The van der Waals surface area contributed by atoms with Crippen LogP contribution in [0.25, 0.3) is 16.8 Å². The first kappa shape index (κ1) is 21.6. The monoisotopic (exact) mass is 446 g/mol. The Bertz CT molecular complexity index is 1300. The number of nitrogens with two attached hydrogens (primary N) is 1. The van der Waals surface area contributed by atoms with Crippen LogP contribution in [0.15, 0.2) is 72.9 Å². The fourth-order valence-corrected chi connectivity index (χ4v) is 3.21. The van der Waals surface area contributed by atoms with Crippen LogP contribution in [0.2, 0.25) is 0 Å². The molecule has 0 bridgehead atoms. The predicted molar refractivity (Wildman–Crippen MR) is 121 cm³/mol. The number of rotatable bonds is 7. The smallest absolute Gasteiger partial charge is 0.269 e. The van der Waals surface area contributed by atoms with Crippen molar-refractivity contribution in [2.45, 2.75) is 12.8 Å². The maximum Gasteiger partial charge on any atom is 0.269 e. The minimum atomic E-state index is -0.475. The van der Waals surface area contributed by atoms with E-state index in [9.17, 15) is 19.3 Å². The zero-order valence-electron chi connectivity index (χ0n) is 17.3. The number of nitro benzene ring substituents is 1. The lowest BCUT2D eigenvalue weighted by molar-refractivity contribution is -0.384. The lowest BCUT2D eigenvalue weighted by atomic mass is 10.0. The van der Waals surface area contributed by atoms with E-state index in [2.05, 4.69) is 15.6 Å². The molecule has 166 valence electrons. The van der Waals surface area contributed by atoms with Gasteiger partial charge in [-0.3, -0.25) is 14.9 Å². The Labute approximate surface area is 187 Å². The topological polar surface area (TPSA) is 129 Å². The molecular formula is C23H19FN6O3. The van der Waals surface area contributed by atoms with E-state index >= 15 is 0 Å². The zero-order valence-corrected chi connectivity index (χ0v) is 17.3. The quantitative estimate of drug-likeness (QED) is 0.249. The van der Waals surface area contributed by atoms with Crippen LogP contribution < -0.4 is 11.1 Å². The molecule has 0 saturated carbocycles. The van der Waals surface area contributed by atoms with Crippen LogP contribution in [0, 0.1) is 15.9 Å². The van der Waals surface area contributed by atoms with Crippen LogP contribution in [0.5, 0.6) is 0 Å². The van der Waals surface area contributed by atoms with Crippen LogP contribution in [-0.2, 0) is 11.2 Å². The second-order valence-corrected chi connectivity index (χ2v) is 7.29. The number of nitrogens with zero attached hydrogens (tertiary/aromatic N) is 4. The van der Waals surface area contributed by atoms with E-state index in [0.29, 0.717) is 29.2 Å². The highest BCUT2D eigenvalue weighted by molar-refractivity contribution is 5.95. The third-order valence-corrected chi connectivity index (χ3v) is 4.98. The molecule has 0 aliphatic rings. The number of nitro groups is 1. The number of anilines is 2. The summed E-state index contributed by atoms with van der Waals surface area (Å²) in [5.41, 5.74) is 9.68. The number of nitrogens with one attached hydrogen (secondary N) is 1. The van der Waals surface area contributed by atoms with E-state index in [1.54, 1.807) is 48.7 Å². The van der Waals surface area contributed by atoms with Crippen molar-refractivity contribution >= 4 is 23.0 Å². The van der Waals surface area contributed by atoms with Gasteiger partial charge in [-0.05, 0) is 47.5 Å². The molecule has 4 rings (SSSR count). The Balaban J connectivity index is 1.38. The van der Waals surface area contributed by atoms with Gasteiger partial charge in [-0.2, -0.15) is 0 Å². The average Bonchev–Trinajstić information content (AvgIpc) is 3.29. The lowest BCUT2D eigenvalue weighted by Crippen LogP contribution is -2.13. The molecule has 9 nitrogen and oxygen atoms in total. The van der Waals surface area contributed by atoms with Gasteiger partial charge in [0, 0.05) is 25.0 Å². The molecule has 4 aromatic rings. The number of aryl methyl sites for hydroxylation is 1. The van der Waals surface area contributed by atoms with Gasteiger partial charge in [-0.15, -0.1) is 5.10 Å². The first-order chi connectivity index (χ1) is 15.9. The summed E-state index contributed by atoms with van der Waals surface area (Å²) < 4.78 is 14.7. The minimum absolute atomic E-state index is 0.0152. The largest absolute Gasteiger partial charge is 0.397 e. The summed E-state index contributed by atoms with van der Waals surface area (Å²) >= 11 is 0. The molecule has 1 amide bonds.